The number of carbonyl (C=O) groups is 1. The number of benzene rings is 2. The predicted molar refractivity (Wildman–Crippen MR) is 137 cm³/mol. The van der Waals surface area contributed by atoms with Crippen molar-refractivity contribution in [3.63, 3.8) is 0 Å². The van der Waals surface area contributed by atoms with Gasteiger partial charge in [0, 0.05) is 35.5 Å². The smallest absolute Gasteiger partial charge is 0.276 e. The normalized spacial score (nSPS) is 13.5. The summed E-state index contributed by atoms with van der Waals surface area (Å²) in [5.41, 5.74) is 6.87. The molecular weight excluding hydrogens is 436 g/mol. The van der Waals surface area contributed by atoms with Gasteiger partial charge in [0.15, 0.2) is 5.69 Å². The van der Waals surface area contributed by atoms with Crippen LogP contribution in [0.3, 0.4) is 0 Å². The minimum absolute atomic E-state index is 0.285. The molecule has 172 valence electrons. The Morgan fingerprint density at radius 2 is 1.80 bits per heavy atom. The Bertz CT molecular complexity index is 1490. The summed E-state index contributed by atoms with van der Waals surface area (Å²) >= 11 is 0. The van der Waals surface area contributed by atoms with Crippen molar-refractivity contribution in [1.29, 1.82) is 0 Å². The van der Waals surface area contributed by atoms with Gasteiger partial charge in [-0.25, -0.2) is 0 Å². The van der Waals surface area contributed by atoms with Crippen LogP contribution in [0.15, 0.2) is 85.3 Å². The lowest BCUT2D eigenvalue weighted by Crippen LogP contribution is -2.36. The number of fused-ring (bicyclic) bond motifs is 1. The van der Waals surface area contributed by atoms with Gasteiger partial charge in [0.1, 0.15) is 0 Å². The number of aromatic nitrogens is 4. The van der Waals surface area contributed by atoms with Crippen molar-refractivity contribution in [3.8, 4) is 22.4 Å². The van der Waals surface area contributed by atoms with Gasteiger partial charge in [0.2, 0.25) is 0 Å². The summed E-state index contributed by atoms with van der Waals surface area (Å²) in [5.74, 6) is -0.285. The molecule has 0 saturated carbocycles. The second-order valence-corrected chi connectivity index (χ2v) is 8.80. The molecule has 2 aromatic carbocycles. The zero-order chi connectivity index (χ0) is 23.6. The van der Waals surface area contributed by atoms with E-state index in [-0.39, 0.29) is 5.91 Å². The molecule has 1 saturated heterocycles. The van der Waals surface area contributed by atoms with Gasteiger partial charge in [-0.3, -0.25) is 24.8 Å². The minimum Gasteiger partial charge on any atom is -0.319 e. The first-order chi connectivity index (χ1) is 17.2. The average Bonchev–Trinajstić information content (AvgIpc) is 3.31. The molecule has 0 spiro atoms. The van der Waals surface area contributed by atoms with E-state index in [0.717, 1.165) is 52.9 Å². The van der Waals surface area contributed by atoms with Crippen LogP contribution in [0.4, 0.5) is 5.69 Å². The second kappa shape index (κ2) is 9.12. The molecule has 5 aromatic rings. The summed E-state index contributed by atoms with van der Waals surface area (Å²) in [4.78, 5) is 24.4. The molecule has 2 N–H and O–H groups in total. The number of likely N-dealkylation sites (tertiary alicyclic amines) is 1. The van der Waals surface area contributed by atoms with Gasteiger partial charge in [-0.15, -0.1) is 0 Å². The maximum atomic E-state index is 13.1. The second-order valence-electron chi connectivity index (χ2n) is 8.80. The predicted octanol–water partition coefficient (Wildman–Crippen LogP) is 5.14. The third-order valence-corrected chi connectivity index (χ3v) is 6.35. The highest BCUT2D eigenvalue weighted by atomic mass is 16.1. The Kier molecular flexibility index (Phi) is 5.52. The Balaban J connectivity index is 1.23. The van der Waals surface area contributed by atoms with Crippen molar-refractivity contribution in [3.05, 3.63) is 96.6 Å². The largest absolute Gasteiger partial charge is 0.319 e. The number of aromatic amines is 1. The van der Waals surface area contributed by atoms with Crippen LogP contribution in [0.25, 0.3) is 33.3 Å². The van der Waals surface area contributed by atoms with Crippen LogP contribution >= 0.6 is 0 Å². The van der Waals surface area contributed by atoms with Crippen LogP contribution in [-0.4, -0.2) is 44.1 Å². The fraction of sp³-hybridized carbons (Fsp3) is 0.143. The van der Waals surface area contributed by atoms with Gasteiger partial charge in [-0.05, 0) is 61.0 Å². The van der Waals surface area contributed by atoms with Crippen molar-refractivity contribution in [2.24, 2.45) is 0 Å². The number of nitrogens with one attached hydrogen (secondary N) is 2. The van der Waals surface area contributed by atoms with E-state index in [1.165, 1.54) is 12.0 Å². The van der Waals surface area contributed by atoms with E-state index in [1.54, 1.807) is 6.20 Å². The summed E-state index contributed by atoms with van der Waals surface area (Å²) in [6, 6.07) is 21.8. The summed E-state index contributed by atoms with van der Waals surface area (Å²) in [7, 11) is 0. The topological polar surface area (TPSA) is 86.8 Å². The molecular formula is C28H24N6O. The number of amides is 1. The maximum absolute atomic E-state index is 13.1. The first kappa shape index (κ1) is 21.2. The van der Waals surface area contributed by atoms with E-state index < -0.39 is 0 Å². The molecule has 0 aliphatic carbocycles. The van der Waals surface area contributed by atoms with E-state index in [4.69, 9.17) is 0 Å². The Morgan fingerprint density at radius 1 is 0.914 bits per heavy atom. The van der Waals surface area contributed by atoms with Crippen LogP contribution in [-0.2, 0) is 6.54 Å². The van der Waals surface area contributed by atoms with Gasteiger partial charge in [0.25, 0.3) is 5.91 Å². The van der Waals surface area contributed by atoms with Gasteiger partial charge in [-0.1, -0.05) is 36.4 Å². The molecule has 0 bridgehead atoms. The van der Waals surface area contributed by atoms with Gasteiger partial charge in [-0.2, -0.15) is 5.10 Å². The first-order valence-electron chi connectivity index (χ1n) is 11.7. The molecule has 0 atom stereocenters. The third-order valence-electron chi connectivity index (χ3n) is 6.35. The van der Waals surface area contributed by atoms with Gasteiger partial charge >= 0.3 is 0 Å². The quantitative estimate of drug-likeness (QED) is 0.366. The highest BCUT2D eigenvalue weighted by molar-refractivity contribution is 6.11. The standard InChI is InChI=1S/C28H24N6O/c35-28(31-23-8-10-25(30-17-23)20-5-2-1-3-6-20)27-24-14-21(7-9-26(24)32-33-27)22-13-19(15-29-16-22)18-34-11-4-12-34/h1-3,5-10,13-17H,4,11-12,18H2,(H,31,35)(H,32,33). The lowest BCUT2D eigenvalue weighted by molar-refractivity contribution is 0.102. The molecule has 1 amide bonds. The molecule has 4 heterocycles. The first-order valence-corrected chi connectivity index (χ1v) is 11.7. The van der Waals surface area contributed by atoms with Crippen LogP contribution in [0, 0.1) is 0 Å². The summed E-state index contributed by atoms with van der Waals surface area (Å²) < 4.78 is 0. The summed E-state index contributed by atoms with van der Waals surface area (Å²) in [6.07, 6.45) is 6.72. The zero-order valence-corrected chi connectivity index (χ0v) is 19.1. The molecule has 1 aliphatic rings. The lowest BCUT2D eigenvalue weighted by Gasteiger charge is -2.30. The molecule has 0 radical (unpaired) electrons. The Hall–Kier alpha value is -4.36. The molecule has 6 rings (SSSR count). The molecule has 35 heavy (non-hydrogen) atoms. The molecule has 7 nitrogen and oxygen atoms in total. The van der Waals surface area contributed by atoms with Crippen molar-refractivity contribution in [2.45, 2.75) is 13.0 Å². The Morgan fingerprint density at radius 3 is 2.57 bits per heavy atom. The van der Waals surface area contributed by atoms with Crippen LogP contribution < -0.4 is 5.32 Å². The summed E-state index contributed by atoms with van der Waals surface area (Å²) in [6.45, 7) is 3.21. The number of anilines is 1. The Labute approximate surface area is 202 Å². The highest BCUT2D eigenvalue weighted by Crippen LogP contribution is 2.27. The van der Waals surface area contributed by atoms with Gasteiger partial charge in [0.05, 0.1) is 23.1 Å². The number of hydrogen-bond acceptors (Lipinski definition) is 5. The van der Waals surface area contributed by atoms with Crippen LogP contribution in [0.2, 0.25) is 0 Å². The maximum Gasteiger partial charge on any atom is 0.276 e. The van der Waals surface area contributed by atoms with Gasteiger partial charge < -0.3 is 5.32 Å². The molecule has 3 aromatic heterocycles. The SMILES string of the molecule is O=C(Nc1ccc(-c2ccccc2)nc1)c1n[nH]c2ccc(-c3cncc(CN4CCC4)c3)cc12. The zero-order valence-electron chi connectivity index (χ0n) is 19.1. The number of rotatable bonds is 6. The van der Waals surface area contributed by atoms with Crippen LogP contribution in [0.1, 0.15) is 22.5 Å². The van der Waals surface area contributed by atoms with E-state index in [2.05, 4.69) is 36.4 Å². The van der Waals surface area contributed by atoms with E-state index in [0.29, 0.717) is 11.4 Å². The van der Waals surface area contributed by atoms with E-state index >= 15 is 0 Å². The summed E-state index contributed by atoms with van der Waals surface area (Å²) in [5, 5.41) is 10.9. The van der Waals surface area contributed by atoms with Crippen molar-refractivity contribution < 1.29 is 4.79 Å². The third kappa shape index (κ3) is 4.41. The fourth-order valence-corrected chi connectivity index (χ4v) is 4.33. The van der Waals surface area contributed by atoms with E-state index in [9.17, 15) is 4.79 Å². The number of pyridine rings is 2. The number of hydrogen-bond donors (Lipinski definition) is 2. The molecule has 1 fully saturated rings. The highest BCUT2D eigenvalue weighted by Gasteiger charge is 2.17. The van der Waals surface area contributed by atoms with Crippen molar-refractivity contribution in [2.75, 3.05) is 18.4 Å². The number of H-pyrrole nitrogens is 1. The van der Waals surface area contributed by atoms with Crippen molar-refractivity contribution >= 4 is 22.5 Å². The van der Waals surface area contributed by atoms with E-state index in [1.807, 2.05) is 73.1 Å². The fourth-order valence-electron chi connectivity index (χ4n) is 4.33. The molecule has 0 unspecified atom stereocenters. The minimum atomic E-state index is -0.285. The number of carbonyl (C=O) groups excluding carboxylic acids is 1. The molecule has 1 aliphatic heterocycles. The van der Waals surface area contributed by atoms with Crippen LogP contribution in [0.5, 0.6) is 0 Å². The average molecular weight is 461 g/mol. The van der Waals surface area contributed by atoms with Crippen molar-refractivity contribution in [1.82, 2.24) is 25.1 Å². The number of nitrogens with zero attached hydrogens (tertiary/aromatic N) is 4. The molecule has 7 heteroatoms. The monoisotopic (exact) mass is 460 g/mol. The lowest BCUT2D eigenvalue weighted by atomic mass is 10.0.